The lowest BCUT2D eigenvalue weighted by Crippen LogP contribution is -2.16. The van der Waals surface area contributed by atoms with Crippen molar-refractivity contribution in [3.8, 4) is 0 Å². The molecule has 0 aliphatic heterocycles. The Labute approximate surface area is 125 Å². The van der Waals surface area contributed by atoms with Crippen LogP contribution in [0.3, 0.4) is 0 Å². The smallest absolute Gasteiger partial charge is 0.0907 e. The van der Waals surface area contributed by atoms with Gasteiger partial charge in [-0.05, 0) is 29.7 Å². The highest BCUT2D eigenvalue weighted by Crippen LogP contribution is 2.27. The van der Waals surface area contributed by atoms with Crippen molar-refractivity contribution in [1.29, 1.82) is 0 Å². The standard InChI is InChI=1S/C18H19N3/c1-13(2)18(14-6-4-3-5-7-14)21-15-8-9-16-17(12-15)20-11-10-19-16/h3-13,18,21H,1-2H3. The van der Waals surface area contributed by atoms with Crippen molar-refractivity contribution >= 4 is 16.7 Å². The van der Waals surface area contributed by atoms with E-state index >= 15 is 0 Å². The van der Waals surface area contributed by atoms with Crippen LogP contribution in [0.5, 0.6) is 0 Å². The predicted octanol–water partition coefficient (Wildman–Crippen LogP) is 4.44. The van der Waals surface area contributed by atoms with E-state index in [1.807, 2.05) is 12.1 Å². The van der Waals surface area contributed by atoms with Gasteiger partial charge < -0.3 is 5.32 Å². The molecule has 3 aromatic rings. The number of hydrogen-bond donors (Lipinski definition) is 1. The highest BCUT2D eigenvalue weighted by Gasteiger charge is 2.15. The van der Waals surface area contributed by atoms with Crippen molar-refractivity contribution in [1.82, 2.24) is 9.97 Å². The second-order valence-corrected chi connectivity index (χ2v) is 5.54. The summed E-state index contributed by atoms with van der Waals surface area (Å²) in [6.45, 7) is 4.46. The van der Waals surface area contributed by atoms with Crippen LogP contribution in [0.2, 0.25) is 0 Å². The number of rotatable bonds is 4. The molecular formula is C18H19N3. The molecule has 1 N–H and O–H groups in total. The van der Waals surface area contributed by atoms with Gasteiger partial charge in [0, 0.05) is 18.1 Å². The minimum Gasteiger partial charge on any atom is -0.378 e. The van der Waals surface area contributed by atoms with E-state index in [1.54, 1.807) is 12.4 Å². The summed E-state index contributed by atoms with van der Waals surface area (Å²) >= 11 is 0. The minimum atomic E-state index is 0.278. The summed E-state index contributed by atoms with van der Waals surface area (Å²) in [5.41, 5.74) is 4.21. The average Bonchev–Trinajstić information content (AvgIpc) is 2.53. The molecule has 1 aromatic heterocycles. The van der Waals surface area contributed by atoms with Crippen LogP contribution < -0.4 is 5.32 Å². The number of benzene rings is 2. The van der Waals surface area contributed by atoms with Crippen LogP contribution in [-0.2, 0) is 0 Å². The number of aromatic nitrogens is 2. The number of nitrogens with zero attached hydrogens (tertiary/aromatic N) is 2. The third-order valence-corrected chi connectivity index (χ3v) is 3.62. The van der Waals surface area contributed by atoms with Crippen molar-refractivity contribution in [3.63, 3.8) is 0 Å². The van der Waals surface area contributed by atoms with Crippen LogP contribution >= 0.6 is 0 Å². The third kappa shape index (κ3) is 3.02. The monoisotopic (exact) mass is 277 g/mol. The molecule has 0 bridgehead atoms. The Bertz CT molecular complexity index is 723. The summed E-state index contributed by atoms with van der Waals surface area (Å²) < 4.78 is 0. The average molecular weight is 277 g/mol. The number of fused-ring (bicyclic) bond motifs is 1. The molecule has 0 aliphatic rings. The van der Waals surface area contributed by atoms with Gasteiger partial charge in [-0.2, -0.15) is 0 Å². The quantitative estimate of drug-likeness (QED) is 0.766. The van der Waals surface area contributed by atoms with Gasteiger partial charge in [0.2, 0.25) is 0 Å². The third-order valence-electron chi connectivity index (χ3n) is 3.62. The molecule has 0 aliphatic carbocycles. The van der Waals surface area contributed by atoms with Crippen molar-refractivity contribution in [3.05, 3.63) is 66.5 Å². The number of nitrogens with one attached hydrogen (secondary N) is 1. The highest BCUT2D eigenvalue weighted by atomic mass is 14.9. The summed E-state index contributed by atoms with van der Waals surface area (Å²) in [5.74, 6) is 0.491. The molecule has 0 spiro atoms. The summed E-state index contributed by atoms with van der Waals surface area (Å²) in [4.78, 5) is 8.67. The van der Waals surface area contributed by atoms with Crippen LogP contribution in [0.25, 0.3) is 11.0 Å². The first-order valence-electron chi connectivity index (χ1n) is 7.26. The first-order chi connectivity index (χ1) is 10.2. The Morgan fingerprint density at radius 1 is 0.857 bits per heavy atom. The van der Waals surface area contributed by atoms with E-state index < -0.39 is 0 Å². The maximum absolute atomic E-state index is 4.36. The topological polar surface area (TPSA) is 37.8 Å². The molecule has 3 heteroatoms. The van der Waals surface area contributed by atoms with E-state index in [9.17, 15) is 0 Å². The zero-order valence-corrected chi connectivity index (χ0v) is 12.3. The lowest BCUT2D eigenvalue weighted by Gasteiger charge is -2.24. The Morgan fingerprint density at radius 2 is 1.57 bits per heavy atom. The Kier molecular flexibility index (Phi) is 3.82. The van der Waals surface area contributed by atoms with Crippen molar-refractivity contribution < 1.29 is 0 Å². The maximum Gasteiger partial charge on any atom is 0.0907 e. The second-order valence-electron chi connectivity index (χ2n) is 5.54. The predicted molar refractivity (Wildman–Crippen MR) is 87.2 cm³/mol. The number of hydrogen-bond acceptors (Lipinski definition) is 3. The van der Waals surface area contributed by atoms with Gasteiger partial charge in [0.05, 0.1) is 17.1 Å². The molecule has 0 saturated carbocycles. The van der Waals surface area contributed by atoms with Crippen LogP contribution in [0.1, 0.15) is 25.5 Å². The van der Waals surface area contributed by atoms with E-state index in [0.29, 0.717) is 5.92 Å². The van der Waals surface area contributed by atoms with E-state index in [4.69, 9.17) is 0 Å². The van der Waals surface area contributed by atoms with Crippen LogP contribution in [0.4, 0.5) is 5.69 Å². The fourth-order valence-corrected chi connectivity index (χ4v) is 2.53. The molecule has 106 valence electrons. The number of anilines is 1. The van der Waals surface area contributed by atoms with Crippen LogP contribution in [-0.4, -0.2) is 9.97 Å². The second kappa shape index (κ2) is 5.92. The first kappa shape index (κ1) is 13.6. The summed E-state index contributed by atoms with van der Waals surface area (Å²) in [7, 11) is 0. The van der Waals surface area contributed by atoms with Gasteiger partial charge in [-0.15, -0.1) is 0 Å². The van der Waals surface area contributed by atoms with Gasteiger partial charge in [0.25, 0.3) is 0 Å². The molecule has 0 saturated heterocycles. The van der Waals surface area contributed by atoms with Gasteiger partial charge in [0.15, 0.2) is 0 Å². The van der Waals surface area contributed by atoms with Gasteiger partial charge >= 0.3 is 0 Å². The molecule has 21 heavy (non-hydrogen) atoms. The first-order valence-corrected chi connectivity index (χ1v) is 7.26. The molecule has 0 radical (unpaired) electrons. The molecule has 3 nitrogen and oxygen atoms in total. The van der Waals surface area contributed by atoms with Crippen molar-refractivity contribution in [2.75, 3.05) is 5.32 Å². The van der Waals surface area contributed by atoms with E-state index in [0.717, 1.165) is 16.7 Å². The Balaban J connectivity index is 1.91. The molecule has 1 heterocycles. The molecule has 0 amide bonds. The van der Waals surface area contributed by atoms with E-state index in [1.165, 1.54) is 5.56 Å². The lowest BCUT2D eigenvalue weighted by molar-refractivity contribution is 0.546. The van der Waals surface area contributed by atoms with E-state index in [2.05, 4.69) is 65.5 Å². The minimum absolute atomic E-state index is 0.278. The Morgan fingerprint density at radius 3 is 2.29 bits per heavy atom. The summed E-state index contributed by atoms with van der Waals surface area (Å²) in [6.07, 6.45) is 3.44. The fraction of sp³-hybridized carbons (Fsp3) is 0.222. The van der Waals surface area contributed by atoms with E-state index in [-0.39, 0.29) is 6.04 Å². The van der Waals surface area contributed by atoms with Gasteiger partial charge in [-0.25, -0.2) is 0 Å². The molecule has 3 rings (SSSR count). The SMILES string of the molecule is CC(C)C(Nc1ccc2nccnc2c1)c1ccccc1. The van der Waals surface area contributed by atoms with Crippen molar-refractivity contribution in [2.24, 2.45) is 5.92 Å². The zero-order chi connectivity index (χ0) is 14.7. The summed E-state index contributed by atoms with van der Waals surface area (Å²) in [5, 5.41) is 3.62. The molecular weight excluding hydrogens is 258 g/mol. The van der Waals surface area contributed by atoms with Crippen molar-refractivity contribution in [2.45, 2.75) is 19.9 Å². The van der Waals surface area contributed by atoms with Gasteiger partial charge in [-0.1, -0.05) is 44.2 Å². The molecule has 1 unspecified atom stereocenters. The maximum atomic E-state index is 4.36. The largest absolute Gasteiger partial charge is 0.378 e. The highest BCUT2D eigenvalue weighted by molar-refractivity contribution is 5.78. The van der Waals surface area contributed by atoms with Crippen LogP contribution in [0.15, 0.2) is 60.9 Å². The molecule has 2 aromatic carbocycles. The Hall–Kier alpha value is -2.42. The summed E-state index contributed by atoms with van der Waals surface area (Å²) in [6, 6.07) is 16.9. The molecule has 0 fully saturated rings. The van der Waals surface area contributed by atoms with Crippen LogP contribution in [0, 0.1) is 5.92 Å². The molecule has 1 atom stereocenters. The van der Waals surface area contributed by atoms with Gasteiger partial charge in [0.1, 0.15) is 0 Å². The lowest BCUT2D eigenvalue weighted by atomic mass is 9.96. The zero-order valence-electron chi connectivity index (χ0n) is 12.3. The fourth-order valence-electron chi connectivity index (χ4n) is 2.53. The normalized spacial score (nSPS) is 12.5. The van der Waals surface area contributed by atoms with Gasteiger partial charge in [-0.3, -0.25) is 9.97 Å².